The molecular weight excluding hydrogens is 1490 g/mol. The van der Waals surface area contributed by atoms with E-state index in [0.29, 0.717) is 0 Å². The number of methoxy groups -OCH3 is 2. The van der Waals surface area contributed by atoms with Crippen molar-refractivity contribution in [3.63, 3.8) is 0 Å². The summed E-state index contributed by atoms with van der Waals surface area (Å²) in [5, 5.41) is 14.1. The van der Waals surface area contributed by atoms with Crippen LogP contribution in [0, 0.1) is 11.6 Å². The number of benzene rings is 16. The van der Waals surface area contributed by atoms with Crippen LogP contribution in [-0.2, 0) is 43.3 Å². The van der Waals surface area contributed by atoms with Crippen LogP contribution in [0.3, 0.4) is 0 Å². The van der Waals surface area contributed by atoms with Gasteiger partial charge in [0.05, 0.1) is 14.2 Å². The first kappa shape index (κ1) is 85.5. The monoisotopic (exact) mass is 1610 g/mol. The SMILES string of the molecule is CC(C)(C)c1ccc(-c2c3ccc(C(C)(C)C)cc3c(-c3ccc(F)cc3)c3c(-c4ccc(C(C)(C)C)cc4)c4ccc(C(C)(C)C)cc4c(-c4ccc(F)cc4)c23)cc1.COc1ccc(-c2c3cc(C(C)(C)C)ccc3c(-c3ccc(C(C)(C)C)cc3)c3c(-c4ccc(OC)cc4)c4cc(C(C)(C)C)ccc4c(-c4ccc(C(C)(C)C)cc4)c23)cc1. The third kappa shape index (κ3) is 16.4. The highest BCUT2D eigenvalue weighted by molar-refractivity contribution is 6.36. The molecular formula is C118H122F2O2. The maximum Gasteiger partial charge on any atom is 0.123 e. The summed E-state index contributed by atoms with van der Waals surface area (Å²) in [5.41, 5.74) is 27.9. The molecule has 620 valence electrons. The predicted molar refractivity (Wildman–Crippen MR) is 524 cm³/mol. The van der Waals surface area contributed by atoms with Gasteiger partial charge in [-0.15, -0.1) is 0 Å². The van der Waals surface area contributed by atoms with E-state index in [2.05, 4.69) is 385 Å². The molecule has 0 atom stereocenters. The summed E-state index contributed by atoms with van der Waals surface area (Å²) < 4.78 is 41.5. The third-order valence-electron chi connectivity index (χ3n) is 25.4. The Morgan fingerprint density at radius 3 is 0.459 bits per heavy atom. The van der Waals surface area contributed by atoms with Crippen LogP contribution < -0.4 is 9.47 Å². The summed E-state index contributed by atoms with van der Waals surface area (Å²) in [4.78, 5) is 0. The van der Waals surface area contributed by atoms with E-state index < -0.39 is 0 Å². The molecule has 4 heteroatoms. The largest absolute Gasteiger partial charge is 0.497 e. The molecule has 0 aliphatic heterocycles. The Morgan fingerprint density at radius 2 is 0.303 bits per heavy atom. The number of hydrogen-bond donors (Lipinski definition) is 0. The number of fused-ring (bicyclic) bond motifs is 6. The van der Waals surface area contributed by atoms with Gasteiger partial charge < -0.3 is 9.47 Å². The average molecular weight is 1610 g/mol. The van der Waals surface area contributed by atoms with Crippen LogP contribution >= 0.6 is 0 Å². The van der Waals surface area contributed by atoms with Crippen LogP contribution in [0.4, 0.5) is 8.78 Å². The summed E-state index contributed by atoms with van der Waals surface area (Å²) in [7, 11) is 3.49. The van der Waals surface area contributed by atoms with Gasteiger partial charge in [0.2, 0.25) is 0 Å². The van der Waals surface area contributed by atoms with Gasteiger partial charge in [-0.1, -0.05) is 360 Å². The molecule has 16 aromatic rings. The highest BCUT2D eigenvalue weighted by Gasteiger charge is 2.33. The van der Waals surface area contributed by atoms with Crippen molar-refractivity contribution in [2.24, 2.45) is 0 Å². The molecule has 0 fully saturated rings. The zero-order valence-corrected chi connectivity index (χ0v) is 77.0. The lowest BCUT2D eigenvalue weighted by Crippen LogP contribution is -2.11. The summed E-state index contributed by atoms with van der Waals surface area (Å²) in [6.07, 6.45) is 0. The lowest BCUT2D eigenvalue weighted by atomic mass is 9.75. The van der Waals surface area contributed by atoms with Crippen molar-refractivity contribution in [3.8, 4) is 101 Å². The highest BCUT2D eigenvalue weighted by Crippen LogP contribution is 2.58. The van der Waals surface area contributed by atoms with Gasteiger partial charge in [0.1, 0.15) is 23.1 Å². The van der Waals surface area contributed by atoms with E-state index in [1.165, 1.54) is 110 Å². The van der Waals surface area contributed by atoms with E-state index in [1.807, 2.05) is 24.3 Å². The molecule has 0 saturated carbocycles. The van der Waals surface area contributed by atoms with Crippen LogP contribution in [0.5, 0.6) is 11.5 Å². The molecule has 122 heavy (non-hydrogen) atoms. The van der Waals surface area contributed by atoms with E-state index >= 15 is 0 Å². The molecule has 0 aliphatic carbocycles. The van der Waals surface area contributed by atoms with Crippen molar-refractivity contribution >= 4 is 64.6 Å². The smallest absolute Gasteiger partial charge is 0.123 e. The Bertz CT molecular complexity index is 6250. The van der Waals surface area contributed by atoms with Gasteiger partial charge in [-0.05, 0) is 314 Å². The molecule has 0 radical (unpaired) electrons. The Kier molecular flexibility index (Phi) is 22.1. The van der Waals surface area contributed by atoms with Crippen molar-refractivity contribution in [1.82, 2.24) is 0 Å². The topological polar surface area (TPSA) is 18.5 Å². The first-order valence-electron chi connectivity index (χ1n) is 43.6. The fourth-order valence-corrected chi connectivity index (χ4v) is 18.0. The number of rotatable bonds is 10. The van der Waals surface area contributed by atoms with Gasteiger partial charge in [0, 0.05) is 0 Å². The van der Waals surface area contributed by atoms with Gasteiger partial charge in [0.25, 0.3) is 0 Å². The van der Waals surface area contributed by atoms with E-state index in [1.54, 1.807) is 38.5 Å². The van der Waals surface area contributed by atoms with Crippen molar-refractivity contribution < 1.29 is 18.3 Å². The van der Waals surface area contributed by atoms with Gasteiger partial charge in [0.15, 0.2) is 0 Å². The highest BCUT2D eigenvalue weighted by atomic mass is 19.1. The molecule has 0 aromatic heterocycles. The number of ether oxygens (including phenoxy) is 2. The average Bonchev–Trinajstić information content (AvgIpc) is 0.697. The molecule has 0 heterocycles. The van der Waals surface area contributed by atoms with Crippen LogP contribution in [0.15, 0.2) is 267 Å². The Morgan fingerprint density at radius 1 is 0.164 bits per heavy atom. The predicted octanol–water partition coefficient (Wildman–Crippen LogP) is 34.3. The molecule has 0 unspecified atom stereocenters. The van der Waals surface area contributed by atoms with Crippen molar-refractivity contribution in [2.45, 2.75) is 209 Å². The van der Waals surface area contributed by atoms with E-state index in [4.69, 9.17) is 9.47 Å². The Hall–Kier alpha value is -11.5. The molecule has 2 nitrogen and oxygen atoms in total. The van der Waals surface area contributed by atoms with E-state index in [9.17, 15) is 8.78 Å². The van der Waals surface area contributed by atoms with Crippen molar-refractivity contribution in [1.29, 1.82) is 0 Å². The second-order valence-electron chi connectivity index (χ2n) is 42.3. The number of hydrogen-bond acceptors (Lipinski definition) is 2. The zero-order valence-electron chi connectivity index (χ0n) is 77.0. The van der Waals surface area contributed by atoms with Gasteiger partial charge in [-0.2, -0.15) is 0 Å². The quantitative estimate of drug-likeness (QED) is 0.127. The lowest BCUT2D eigenvalue weighted by molar-refractivity contribution is 0.415. The fraction of sp³-hybridized carbons (Fsp3) is 0.288. The molecule has 0 aliphatic rings. The summed E-state index contributed by atoms with van der Waals surface area (Å²) >= 11 is 0. The van der Waals surface area contributed by atoms with Gasteiger partial charge >= 0.3 is 0 Å². The van der Waals surface area contributed by atoms with Crippen LogP contribution in [-0.4, -0.2) is 14.2 Å². The molecule has 0 bridgehead atoms. The maximum absolute atomic E-state index is 15.0. The second kappa shape index (κ2) is 31.5. The minimum atomic E-state index is -0.275. The van der Waals surface area contributed by atoms with Crippen molar-refractivity contribution in [3.05, 3.63) is 323 Å². The summed E-state index contributed by atoms with van der Waals surface area (Å²) in [6, 6.07) is 96.9. The maximum atomic E-state index is 15.0. The van der Waals surface area contributed by atoms with Crippen LogP contribution in [0.2, 0.25) is 0 Å². The first-order chi connectivity index (χ1) is 57.3. The van der Waals surface area contributed by atoms with Gasteiger partial charge in [-0.25, -0.2) is 8.78 Å². The first-order valence-corrected chi connectivity index (χ1v) is 43.6. The normalized spacial score (nSPS) is 12.8. The standard InChI is InChI=1S/C60H64O2.C58H58F2/c1-57(2,3)41-23-15-37(16-24-41)51-47-33-27-43(59(7,8)9)35-49(47)54(40-21-31-46(62-14)32-22-40)56-52(38-17-25-42(26-18-38)58(4,5)6)48-34-28-44(60(10,11)12)36-50(48)53(55(51)56)39-19-29-45(61-13)30-20-39;1-55(2,3)39-21-13-35(14-22-39)49-45-31-25-41(57(7,8)9)33-47(45)52(38-19-29-44(60)30-20-38)54-50(36-15-23-40(24-16-36)56(4,5)6)46-32-26-42(58(10,11)12)34-48(46)51(53(49)54)37-17-27-43(59)28-18-37/h15-36H,1-14H3;13-34H,1-12H3. The number of halogens is 2. The molecule has 0 amide bonds. The van der Waals surface area contributed by atoms with Crippen LogP contribution in [0.25, 0.3) is 154 Å². The minimum Gasteiger partial charge on any atom is -0.497 e. The summed E-state index contributed by atoms with van der Waals surface area (Å²) in [6.45, 7) is 54.7. The fourth-order valence-electron chi connectivity index (χ4n) is 18.0. The minimum absolute atomic E-state index is 0.0166. The molecule has 0 saturated heterocycles. The van der Waals surface area contributed by atoms with E-state index in [-0.39, 0.29) is 55.0 Å². The van der Waals surface area contributed by atoms with Gasteiger partial charge in [-0.3, -0.25) is 0 Å². The molecule has 16 aromatic carbocycles. The Balaban J connectivity index is 0.000000190. The van der Waals surface area contributed by atoms with Crippen LogP contribution in [0.1, 0.15) is 211 Å². The summed E-state index contributed by atoms with van der Waals surface area (Å²) in [5.74, 6) is 1.13. The Labute approximate surface area is 725 Å². The lowest BCUT2D eigenvalue weighted by Gasteiger charge is -2.28. The molecule has 0 N–H and O–H groups in total. The molecule has 16 rings (SSSR count). The zero-order chi connectivity index (χ0) is 87.6. The third-order valence-corrected chi connectivity index (χ3v) is 25.4. The molecule has 0 spiro atoms. The van der Waals surface area contributed by atoms with Crippen molar-refractivity contribution in [2.75, 3.05) is 14.2 Å². The second-order valence-corrected chi connectivity index (χ2v) is 42.3. The van der Waals surface area contributed by atoms with E-state index in [0.717, 1.165) is 99.5 Å².